The van der Waals surface area contributed by atoms with Crippen LogP contribution in [-0.2, 0) is 22.9 Å². The normalized spacial score (nSPS) is 15.4. The van der Waals surface area contributed by atoms with Crippen molar-refractivity contribution >= 4 is 9.84 Å². The Morgan fingerprint density at radius 2 is 1.57 bits per heavy atom. The van der Waals surface area contributed by atoms with E-state index in [2.05, 4.69) is 39.8 Å². The van der Waals surface area contributed by atoms with Crippen molar-refractivity contribution in [2.75, 3.05) is 0 Å². The Bertz CT molecular complexity index is 1320. The Hall–Kier alpha value is -3.05. The Morgan fingerprint density at radius 1 is 0.973 bits per heavy atom. The molecule has 0 radical (unpaired) electrons. The highest BCUT2D eigenvalue weighted by Gasteiger charge is 2.25. The Labute approximate surface area is 223 Å². The van der Waals surface area contributed by atoms with Gasteiger partial charge in [-0.3, -0.25) is 0 Å². The SMILES string of the molecule is CC(C)=CC(C)S(=O)(=O)c1ccccc1.Cc1c(C)c2c(c(C)c1OCc1ccccc1)CCC(C)O2. The van der Waals surface area contributed by atoms with Crippen LogP contribution in [0.5, 0.6) is 11.5 Å². The highest BCUT2D eigenvalue weighted by atomic mass is 32.2. The van der Waals surface area contributed by atoms with Gasteiger partial charge in [0.2, 0.25) is 0 Å². The van der Waals surface area contributed by atoms with Gasteiger partial charge in [0.1, 0.15) is 18.1 Å². The van der Waals surface area contributed by atoms with Crippen molar-refractivity contribution in [2.45, 2.75) is 84.2 Å². The fourth-order valence-electron chi connectivity index (χ4n) is 4.55. The first-order chi connectivity index (χ1) is 17.5. The van der Waals surface area contributed by atoms with Crippen LogP contribution in [-0.4, -0.2) is 19.8 Å². The van der Waals surface area contributed by atoms with Gasteiger partial charge in [-0.2, -0.15) is 0 Å². The number of sulfone groups is 1. The van der Waals surface area contributed by atoms with Crippen molar-refractivity contribution < 1.29 is 17.9 Å². The van der Waals surface area contributed by atoms with Gasteiger partial charge in [0.05, 0.1) is 16.2 Å². The van der Waals surface area contributed by atoms with Crippen molar-refractivity contribution in [1.82, 2.24) is 0 Å². The number of allylic oxidation sites excluding steroid dienone is 1. The number of ether oxygens (including phenoxy) is 2. The van der Waals surface area contributed by atoms with E-state index in [-0.39, 0.29) is 0 Å². The quantitative estimate of drug-likeness (QED) is 0.312. The zero-order valence-electron chi connectivity index (χ0n) is 23.2. The molecule has 0 fully saturated rings. The molecule has 3 aromatic rings. The van der Waals surface area contributed by atoms with Crippen LogP contribution in [0.1, 0.15) is 61.9 Å². The molecule has 0 amide bonds. The van der Waals surface area contributed by atoms with Crippen molar-refractivity contribution in [3.05, 3.63) is 100 Å². The second-order valence-corrected chi connectivity index (χ2v) is 12.4. The molecule has 1 heterocycles. The van der Waals surface area contributed by atoms with Crippen LogP contribution in [0.25, 0.3) is 0 Å². The molecule has 0 spiro atoms. The summed E-state index contributed by atoms with van der Waals surface area (Å²) < 4.78 is 36.3. The highest BCUT2D eigenvalue weighted by molar-refractivity contribution is 7.92. The minimum Gasteiger partial charge on any atom is -0.490 e. The van der Waals surface area contributed by atoms with Gasteiger partial charge in [-0.15, -0.1) is 0 Å². The Balaban J connectivity index is 0.000000222. The fourth-order valence-corrected chi connectivity index (χ4v) is 5.97. The third-order valence-corrected chi connectivity index (χ3v) is 8.83. The summed E-state index contributed by atoms with van der Waals surface area (Å²) >= 11 is 0. The molecular formula is C32H40O4S. The van der Waals surface area contributed by atoms with Crippen molar-refractivity contribution in [3.8, 4) is 11.5 Å². The lowest BCUT2D eigenvalue weighted by atomic mass is 9.92. The summed E-state index contributed by atoms with van der Waals surface area (Å²) in [5.41, 5.74) is 7.19. The van der Waals surface area contributed by atoms with Gasteiger partial charge in [0.15, 0.2) is 9.84 Å². The van der Waals surface area contributed by atoms with Gasteiger partial charge in [-0.1, -0.05) is 60.2 Å². The molecule has 0 N–H and O–H groups in total. The van der Waals surface area contributed by atoms with Gasteiger partial charge in [-0.25, -0.2) is 8.42 Å². The zero-order valence-corrected chi connectivity index (χ0v) is 24.0. The molecule has 1 aliphatic heterocycles. The maximum absolute atomic E-state index is 12.0. The second kappa shape index (κ2) is 12.5. The summed E-state index contributed by atoms with van der Waals surface area (Å²) in [5.74, 6) is 2.11. The molecule has 0 saturated heterocycles. The maximum Gasteiger partial charge on any atom is 0.184 e. The summed E-state index contributed by atoms with van der Waals surface area (Å²) in [5, 5.41) is -0.468. The molecule has 4 rings (SSSR count). The molecule has 0 bridgehead atoms. The van der Waals surface area contributed by atoms with E-state index in [0.717, 1.165) is 29.9 Å². The molecule has 3 aromatic carbocycles. The van der Waals surface area contributed by atoms with Gasteiger partial charge in [0, 0.05) is 5.56 Å². The number of hydrogen-bond donors (Lipinski definition) is 0. The van der Waals surface area contributed by atoms with E-state index in [9.17, 15) is 8.42 Å². The summed E-state index contributed by atoms with van der Waals surface area (Å²) in [7, 11) is -3.21. The second-order valence-electron chi connectivity index (χ2n) is 10.1. The maximum atomic E-state index is 12.0. The lowest BCUT2D eigenvalue weighted by molar-refractivity contribution is 0.189. The van der Waals surface area contributed by atoms with E-state index >= 15 is 0 Å². The number of fused-ring (bicyclic) bond motifs is 1. The Kier molecular flexibility index (Phi) is 9.61. The minimum absolute atomic E-state index is 0.307. The first kappa shape index (κ1) is 28.5. The van der Waals surface area contributed by atoms with E-state index in [1.165, 1.54) is 27.8 Å². The number of hydrogen-bond acceptors (Lipinski definition) is 4. The first-order valence-electron chi connectivity index (χ1n) is 12.9. The number of rotatable bonds is 6. The predicted octanol–water partition coefficient (Wildman–Crippen LogP) is 7.72. The molecular weight excluding hydrogens is 480 g/mol. The first-order valence-corrected chi connectivity index (χ1v) is 14.5. The average molecular weight is 521 g/mol. The summed E-state index contributed by atoms with van der Waals surface area (Å²) in [6.07, 6.45) is 4.23. The third-order valence-electron chi connectivity index (χ3n) is 6.79. The molecule has 2 unspecified atom stereocenters. The summed E-state index contributed by atoms with van der Waals surface area (Å²) in [6.45, 7) is 14.7. The van der Waals surface area contributed by atoms with Gasteiger partial charge >= 0.3 is 0 Å². The van der Waals surface area contributed by atoms with Crippen LogP contribution < -0.4 is 9.47 Å². The average Bonchev–Trinajstić information content (AvgIpc) is 2.88. The van der Waals surface area contributed by atoms with E-state index in [1.54, 1.807) is 37.3 Å². The number of benzene rings is 3. The standard InChI is InChI=1S/C20H24O2.C12H16O2S/c1-13-10-11-18-16(4)19(14(2)15(3)20(18)22-13)21-12-17-8-6-5-7-9-17;1-10(2)9-11(3)15(13,14)12-7-5-4-6-8-12/h5-9,13H,10-12H2,1-4H3;4-9,11H,1-3H3. The lowest BCUT2D eigenvalue weighted by Gasteiger charge is -2.29. The van der Waals surface area contributed by atoms with Crippen LogP contribution >= 0.6 is 0 Å². The van der Waals surface area contributed by atoms with Crippen molar-refractivity contribution in [2.24, 2.45) is 0 Å². The molecule has 198 valence electrons. The largest absolute Gasteiger partial charge is 0.490 e. The van der Waals surface area contributed by atoms with Crippen molar-refractivity contribution in [1.29, 1.82) is 0 Å². The third kappa shape index (κ3) is 7.04. The van der Waals surface area contributed by atoms with Crippen molar-refractivity contribution in [3.63, 3.8) is 0 Å². The molecule has 37 heavy (non-hydrogen) atoms. The molecule has 1 aliphatic rings. The van der Waals surface area contributed by atoms with Crippen LogP contribution in [0.4, 0.5) is 0 Å². The molecule has 0 aromatic heterocycles. The summed E-state index contributed by atoms with van der Waals surface area (Å²) in [4.78, 5) is 0.384. The smallest absolute Gasteiger partial charge is 0.184 e. The van der Waals surface area contributed by atoms with Crippen LogP contribution in [0.15, 0.2) is 77.2 Å². The molecule has 0 aliphatic carbocycles. The van der Waals surface area contributed by atoms with Crippen LogP contribution in [0.3, 0.4) is 0 Å². The van der Waals surface area contributed by atoms with Gasteiger partial charge in [0.25, 0.3) is 0 Å². The lowest BCUT2D eigenvalue weighted by Crippen LogP contribution is -2.21. The van der Waals surface area contributed by atoms with Crippen LogP contribution in [0, 0.1) is 20.8 Å². The molecule has 4 nitrogen and oxygen atoms in total. The summed E-state index contributed by atoms with van der Waals surface area (Å²) in [6, 6.07) is 18.9. The van der Waals surface area contributed by atoms with E-state index < -0.39 is 15.1 Å². The molecule has 5 heteroatoms. The monoisotopic (exact) mass is 520 g/mol. The predicted molar refractivity (Wildman–Crippen MR) is 152 cm³/mol. The van der Waals surface area contributed by atoms with E-state index in [4.69, 9.17) is 9.47 Å². The topological polar surface area (TPSA) is 52.6 Å². The highest BCUT2D eigenvalue weighted by Crippen LogP contribution is 2.41. The zero-order chi connectivity index (χ0) is 27.2. The van der Waals surface area contributed by atoms with Crippen LogP contribution in [0.2, 0.25) is 0 Å². The molecule has 0 saturated carbocycles. The van der Waals surface area contributed by atoms with Gasteiger partial charge in [-0.05, 0) is 95.7 Å². The Morgan fingerprint density at radius 3 is 2.16 bits per heavy atom. The minimum atomic E-state index is -3.21. The molecule has 2 atom stereocenters. The van der Waals surface area contributed by atoms with E-state index in [0.29, 0.717) is 17.6 Å². The van der Waals surface area contributed by atoms with E-state index in [1.807, 2.05) is 38.1 Å². The fraction of sp³-hybridized carbons (Fsp3) is 0.375. The van der Waals surface area contributed by atoms with Gasteiger partial charge < -0.3 is 9.47 Å².